The van der Waals surface area contributed by atoms with Gasteiger partial charge in [0, 0.05) is 32.7 Å². The Morgan fingerprint density at radius 2 is 1.88 bits per heavy atom. The quantitative estimate of drug-likeness (QED) is 0.741. The van der Waals surface area contributed by atoms with E-state index in [4.69, 9.17) is 4.74 Å². The highest BCUT2D eigenvalue weighted by molar-refractivity contribution is 4.72. The lowest BCUT2D eigenvalue weighted by molar-refractivity contribution is -0.0340. The lowest BCUT2D eigenvalue weighted by Crippen LogP contribution is -2.47. The van der Waals surface area contributed by atoms with Crippen LogP contribution in [0.4, 0.5) is 0 Å². The first-order valence-corrected chi connectivity index (χ1v) is 7.07. The van der Waals surface area contributed by atoms with Crippen molar-refractivity contribution in [2.45, 2.75) is 44.3 Å². The zero-order valence-corrected chi connectivity index (χ0v) is 10.7. The SMILES string of the molecule is OC(COC1CCCCC1)CN1CCNCC1. The van der Waals surface area contributed by atoms with Crippen LogP contribution < -0.4 is 5.32 Å². The summed E-state index contributed by atoms with van der Waals surface area (Å²) in [5, 5.41) is 13.3. The van der Waals surface area contributed by atoms with Crippen LogP contribution in [0.1, 0.15) is 32.1 Å². The van der Waals surface area contributed by atoms with E-state index in [1.807, 2.05) is 0 Å². The largest absolute Gasteiger partial charge is 0.389 e. The summed E-state index contributed by atoms with van der Waals surface area (Å²) in [4.78, 5) is 2.31. The van der Waals surface area contributed by atoms with Crippen LogP contribution in [0.5, 0.6) is 0 Å². The van der Waals surface area contributed by atoms with E-state index in [0.717, 1.165) is 32.7 Å². The van der Waals surface area contributed by atoms with Crippen LogP contribution in [0.25, 0.3) is 0 Å². The first-order chi connectivity index (χ1) is 8.34. The number of rotatable bonds is 5. The first-order valence-electron chi connectivity index (χ1n) is 7.07. The number of aliphatic hydroxyl groups is 1. The lowest BCUT2D eigenvalue weighted by Gasteiger charge is -2.30. The highest BCUT2D eigenvalue weighted by atomic mass is 16.5. The molecule has 1 saturated heterocycles. The Kier molecular flexibility index (Phi) is 5.71. The average molecular weight is 242 g/mol. The molecule has 2 fully saturated rings. The number of piperazine rings is 1. The van der Waals surface area contributed by atoms with E-state index in [9.17, 15) is 5.11 Å². The molecule has 0 aromatic rings. The number of β-amino-alcohol motifs (C(OH)–C–C–N with tert-alkyl or cyclic N) is 1. The predicted molar refractivity (Wildman–Crippen MR) is 68.1 cm³/mol. The summed E-state index contributed by atoms with van der Waals surface area (Å²) < 4.78 is 5.79. The van der Waals surface area contributed by atoms with Crippen molar-refractivity contribution in [3.8, 4) is 0 Å². The molecule has 0 aromatic heterocycles. The van der Waals surface area contributed by atoms with Crippen LogP contribution in [0, 0.1) is 0 Å². The van der Waals surface area contributed by atoms with Crippen molar-refractivity contribution >= 4 is 0 Å². The molecular weight excluding hydrogens is 216 g/mol. The number of hydrogen-bond donors (Lipinski definition) is 2. The molecule has 1 aliphatic carbocycles. The van der Waals surface area contributed by atoms with Crippen molar-refractivity contribution in [1.29, 1.82) is 0 Å². The number of aliphatic hydroxyl groups excluding tert-OH is 1. The number of ether oxygens (including phenoxy) is 1. The van der Waals surface area contributed by atoms with E-state index in [1.165, 1.54) is 32.1 Å². The Labute approximate surface area is 104 Å². The van der Waals surface area contributed by atoms with Crippen molar-refractivity contribution < 1.29 is 9.84 Å². The van der Waals surface area contributed by atoms with Crippen LogP contribution in [-0.4, -0.2) is 61.5 Å². The zero-order chi connectivity index (χ0) is 11.9. The van der Waals surface area contributed by atoms with Gasteiger partial charge in [-0.1, -0.05) is 19.3 Å². The Hall–Kier alpha value is -0.160. The first kappa shape index (κ1) is 13.3. The Balaban J connectivity index is 1.57. The fourth-order valence-electron chi connectivity index (χ4n) is 2.72. The van der Waals surface area contributed by atoms with Crippen LogP contribution in [0.15, 0.2) is 0 Å². The van der Waals surface area contributed by atoms with Gasteiger partial charge in [0.15, 0.2) is 0 Å². The molecular formula is C13H26N2O2. The van der Waals surface area contributed by atoms with Crippen molar-refractivity contribution in [3.05, 3.63) is 0 Å². The minimum Gasteiger partial charge on any atom is -0.389 e. The van der Waals surface area contributed by atoms with Gasteiger partial charge in [-0.3, -0.25) is 4.90 Å². The van der Waals surface area contributed by atoms with Gasteiger partial charge in [-0.25, -0.2) is 0 Å². The van der Waals surface area contributed by atoms with Gasteiger partial charge in [0.05, 0.1) is 18.8 Å². The van der Waals surface area contributed by atoms with E-state index in [0.29, 0.717) is 12.7 Å². The van der Waals surface area contributed by atoms with Crippen molar-refractivity contribution in [1.82, 2.24) is 10.2 Å². The molecule has 0 aromatic carbocycles. The summed E-state index contributed by atoms with van der Waals surface area (Å²) in [6, 6.07) is 0. The molecule has 17 heavy (non-hydrogen) atoms. The monoisotopic (exact) mass is 242 g/mol. The molecule has 0 amide bonds. The highest BCUT2D eigenvalue weighted by Crippen LogP contribution is 2.20. The summed E-state index contributed by atoms with van der Waals surface area (Å²) in [6.07, 6.45) is 6.37. The molecule has 1 saturated carbocycles. The number of nitrogens with zero attached hydrogens (tertiary/aromatic N) is 1. The summed E-state index contributed by atoms with van der Waals surface area (Å²) in [7, 11) is 0. The van der Waals surface area contributed by atoms with Gasteiger partial charge in [-0.05, 0) is 12.8 Å². The molecule has 2 rings (SSSR count). The van der Waals surface area contributed by atoms with E-state index in [1.54, 1.807) is 0 Å². The van der Waals surface area contributed by atoms with Gasteiger partial charge in [-0.15, -0.1) is 0 Å². The maximum atomic E-state index is 9.94. The minimum atomic E-state index is -0.324. The molecule has 2 N–H and O–H groups in total. The molecule has 2 aliphatic rings. The van der Waals surface area contributed by atoms with E-state index in [2.05, 4.69) is 10.2 Å². The standard InChI is InChI=1S/C13H26N2O2/c16-12(10-15-8-6-14-7-9-15)11-17-13-4-2-1-3-5-13/h12-14,16H,1-11H2. The van der Waals surface area contributed by atoms with E-state index < -0.39 is 0 Å². The molecule has 0 spiro atoms. The minimum absolute atomic E-state index is 0.324. The maximum absolute atomic E-state index is 9.94. The molecule has 4 heteroatoms. The number of nitrogens with one attached hydrogen (secondary N) is 1. The van der Waals surface area contributed by atoms with Gasteiger partial charge in [-0.2, -0.15) is 0 Å². The normalized spacial score (nSPS) is 25.9. The smallest absolute Gasteiger partial charge is 0.0900 e. The molecule has 100 valence electrons. The molecule has 1 unspecified atom stereocenters. The summed E-state index contributed by atoms with van der Waals surface area (Å²) >= 11 is 0. The molecule has 1 aliphatic heterocycles. The zero-order valence-electron chi connectivity index (χ0n) is 10.7. The van der Waals surface area contributed by atoms with Crippen LogP contribution in [0.3, 0.4) is 0 Å². The molecule has 1 heterocycles. The second-order valence-electron chi connectivity index (χ2n) is 5.30. The average Bonchev–Trinajstić information content (AvgIpc) is 2.39. The fraction of sp³-hybridized carbons (Fsp3) is 1.00. The predicted octanol–water partition coefficient (Wildman–Crippen LogP) is 0.602. The third kappa shape index (κ3) is 4.92. The lowest BCUT2D eigenvalue weighted by atomic mass is 9.98. The van der Waals surface area contributed by atoms with Gasteiger partial charge >= 0.3 is 0 Å². The Morgan fingerprint density at radius 1 is 1.18 bits per heavy atom. The molecule has 1 atom stereocenters. The van der Waals surface area contributed by atoms with Crippen molar-refractivity contribution in [2.75, 3.05) is 39.3 Å². The van der Waals surface area contributed by atoms with Gasteiger partial charge in [0.2, 0.25) is 0 Å². The third-order valence-corrected chi connectivity index (χ3v) is 3.76. The summed E-state index contributed by atoms with van der Waals surface area (Å²) in [6.45, 7) is 5.43. The summed E-state index contributed by atoms with van der Waals surface area (Å²) in [5.74, 6) is 0. The number of hydrogen-bond acceptors (Lipinski definition) is 4. The van der Waals surface area contributed by atoms with E-state index in [-0.39, 0.29) is 6.10 Å². The van der Waals surface area contributed by atoms with Gasteiger partial charge in [0.25, 0.3) is 0 Å². The highest BCUT2D eigenvalue weighted by Gasteiger charge is 2.18. The van der Waals surface area contributed by atoms with Crippen LogP contribution in [-0.2, 0) is 4.74 Å². The topological polar surface area (TPSA) is 44.7 Å². The van der Waals surface area contributed by atoms with Crippen LogP contribution >= 0.6 is 0 Å². The van der Waals surface area contributed by atoms with Gasteiger partial charge < -0.3 is 15.2 Å². The van der Waals surface area contributed by atoms with Gasteiger partial charge in [0.1, 0.15) is 0 Å². The molecule has 0 radical (unpaired) electrons. The fourth-order valence-corrected chi connectivity index (χ4v) is 2.72. The van der Waals surface area contributed by atoms with Crippen molar-refractivity contribution in [3.63, 3.8) is 0 Å². The van der Waals surface area contributed by atoms with Crippen LogP contribution in [0.2, 0.25) is 0 Å². The van der Waals surface area contributed by atoms with Crippen molar-refractivity contribution in [2.24, 2.45) is 0 Å². The van der Waals surface area contributed by atoms with E-state index >= 15 is 0 Å². The Bertz CT molecular complexity index is 202. The second kappa shape index (κ2) is 7.31. The molecule has 4 nitrogen and oxygen atoms in total. The maximum Gasteiger partial charge on any atom is 0.0900 e. The third-order valence-electron chi connectivity index (χ3n) is 3.76. The second-order valence-corrected chi connectivity index (χ2v) is 5.30. The molecule has 0 bridgehead atoms. The summed E-state index contributed by atoms with van der Waals surface area (Å²) in [5.41, 5.74) is 0. The Morgan fingerprint density at radius 3 is 2.59 bits per heavy atom.